The molecule has 0 N–H and O–H groups in total. The summed E-state index contributed by atoms with van der Waals surface area (Å²) in [7, 11) is 1.35. The van der Waals surface area contributed by atoms with Crippen LogP contribution < -0.4 is 0 Å². The number of esters is 3. The van der Waals surface area contributed by atoms with Crippen molar-refractivity contribution < 1.29 is 64.4 Å². The molecule has 1 unspecified atom stereocenters. The van der Waals surface area contributed by atoms with E-state index >= 15 is 0 Å². The number of carbonyl (C=O) groups is 3. The van der Waals surface area contributed by atoms with Gasteiger partial charge in [0.15, 0.2) is 12.2 Å². The van der Waals surface area contributed by atoms with Gasteiger partial charge in [0, 0.05) is 30.2 Å². The Morgan fingerprint density at radius 2 is 1.22 bits per heavy atom. The Labute approximate surface area is 294 Å². The van der Waals surface area contributed by atoms with E-state index in [0.717, 1.165) is 36.0 Å². The minimum Gasteiger partial charge on any atom is -0.462 e. The largest absolute Gasteiger partial charge is 0.462 e. The molecule has 6 atom stereocenters. The first-order chi connectivity index (χ1) is 24.0. The number of thioether (sulfide) groups is 1. The Morgan fingerprint density at radius 3 is 1.65 bits per heavy atom. The van der Waals surface area contributed by atoms with Crippen LogP contribution in [0.3, 0.4) is 0 Å². The van der Waals surface area contributed by atoms with Crippen molar-refractivity contribution in [3.05, 3.63) is 114 Å². The first-order valence-corrected chi connectivity index (χ1v) is 16.2. The Hall–Kier alpha value is -4.34. The van der Waals surface area contributed by atoms with Gasteiger partial charge in [-0.05, 0) is 32.1 Å². The summed E-state index contributed by atoms with van der Waals surface area (Å²) in [4.78, 5) is 41.3. The van der Waals surface area contributed by atoms with Crippen LogP contribution in [0, 0.1) is 5.92 Å². The molecule has 15 heteroatoms. The van der Waals surface area contributed by atoms with Gasteiger partial charge in [-0.1, -0.05) is 84.4 Å². The van der Waals surface area contributed by atoms with Crippen LogP contribution in [-0.2, 0) is 49.3 Å². The summed E-state index contributed by atoms with van der Waals surface area (Å²) in [6.45, 7) is 2.28. The maximum absolute atomic E-state index is 14.8. The molecule has 51 heavy (non-hydrogen) atoms. The van der Waals surface area contributed by atoms with Gasteiger partial charge in [-0.25, -0.2) is 9.59 Å². The highest BCUT2D eigenvalue weighted by atomic mass is 32.2. The SMILES string of the molecule is CO[C@@](C(=O)OCC(Sc1ccccc1)[C@@H]1C(=O)O[C@H](C=C(C)C)[C@H]1OC(=O)[C@](OC)(c1ccccc1)C(F)(F)F)(c1ccccc1)C(F)(F)F. The van der Waals surface area contributed by atoms with Gasteiger partial charge < -0.3 is 23.7 Å². The molecule has 1 aliphatic rings. The molecule has 1 saturated heterocycles. The van der Waals surface area contributed by atoms with Gasteiger partial charge >= 0.3 is 30.3 Å². The first kappa shape index (κ1) is 39.4. The van der Waals surface area contributed by atoms with Gasteiger partial charge in [0.05, 0.1) is 5.25 Å². The fourth-order valence-electron chi connectivity index (χ4n) is 5.70. The highest BCUT2D eigenvalue weighted by Crippen LogP contribution is 2.46. The summed E-state index contributed by atoms with van der Waals surface area (Å²) in [5, 5.41) is -1.37. The second kappa shape index (κ2) is 15.9. The second-order valence-electron chi connectivity index (χ2n) is 11.6. The van der Waals surface area contributed by atoms with Crippen molar-refractivity contribution in [1.29, 1.82) is 0 Å². The third-order valence-electron chi connectivity index (χ3n) is 8.10. The number of cyclic esters (lactones) is 1. The summed E-state index contributed by atoms with van der Waals surface area (Å²) in [6.07, 6.45) is -12.5. The minimum atomic E-state index is -5.36. The van der Waals surface area contributed by atoms with Gasteiger partial charge in [-0.15, -0.1) is 11.8 Å². The zero-order valence-corrected chi connectivity index (χ0v) is 28.5. The monoisotopic (exact) mass is 740 g/mol. The summed E-state index contributed by atoms with van der Waals surface area (Å²) >= 11 is 0.855. The second-order valence-corrected chi connectivity index (χ2v) is 12.9. The van der Waals surface area contributed by atoms with Crippen LogP contribution in [0.1, 0.15) is 25.0 Å². The average molecular weight is 741 g/mol. The van der Waals surface area contributed by atoms with E-state index in [9.17, 15) is 40.7 Å². The molecule has 274 valence electrons. The predicted octanol–water partition coefficient (Wildman–Crippen LogP) is 7.32. The van der Waals surface area contributed by atoms with Crippen molar-refractivity contribution in [2.45, 2.75) is 59.8 Å². The molecule has 3 aromatic carbocycles. The molecule has 1 fully saturated rings. The molecule has 4 rings (SSSR count). The number of carbonyl (C=O) groups excluding carboxylic acids is 3. The predicted molar refractivity (Wildman–Crippen MR) is 172 cm³/mol. The molecular weight excluding hydrogens is 706 g/mol. The molecule has 0 bridgehead atoms. The summed E-state index contributed by atoms with van der Waals surface area (Å²) in [5.74, 6) is -6.52. The normalized spacial score (nSPS) is 20.7. The molecule has 3 aromatic rings. The zero-order valence-electron chi connectivity index (χ0n) is 27.7. The summed E-state index contributed by atoms with van der Waals surface area (Å²) < 4.78 is 114. The summed E-state index contributed by atoms with van der Waals surface area (Å²) in [6, 6.07) is 20.1. The van der Waals surface area contributed by atoms with E-state index in [-0.39, 0.29) is 0 Å². The maximum Gasteiger partial charge on any atom is 0.432 e. The minimum absolute atomic E-state index is 0.435. The zero-order chi connectivity index (χ0) is 37.6. The molecule has 1 heterocycles. The van der Waals surface area contributed by atoms with Crippen LogP contribution in [0.5, 0.6) is 0 Å². The van der Waals surface area contributed by atoms with Gasteiger partial charge in [0.2, 0.25) is 0 Å². The van der Waals surface area contributed by atoms with E-state index in [4.69, 9.17) is 23.7 Å². The molecular formula is C36H34F6O8S. The Bertz CT molecular complexity index is 1680. The van der Waals surface area contributed by atoms with Crippen molar-refractivity contribution in [2.75, 3.05) is 20.8 Å². The highest BCUT2D eigenvalue weighted by molar-refractivity contribution is 8.00. The van der Waals surface area contributed by atoms with Gasteiger partial charge in [0.1, 0.15) is 12.5 Å². The fraction of sp³-hybridized carbons (Fsp3) is 0.361. The Kier molecular flexibility index (Phi) is 12.3. The molecule has 8 nitrogen and oxygen atoms in total. The Balaban J connectivity index is 1.79. The quantitative estimate of drug-likeness (QED) is 0.0588. The highest BCUT2D eigenvalue weighted by Gasteiger charge is 2.66. The van der Waals surface area contributed by atoms with E-state index in [0.29, 0.717) is 24.7 Å². The molecule has 0 aromatic heterocycles. The number of alkyl halides is 6. The third kappa shape index (κ3) is 7.95. The van der Waals surface area contributed by atoms with Gasteiger partial charge in [-0.3, -0.25) is 4.79 Å². The van der Waals surface area contributed by atoms with Crippen LogP contribution >= 0.6 is 11.8 Å². The molecule has 0 aliphatic carbocycles. The van der Waals surface area contributed by atoms with Crippen molar-refractivity contribution in [2.24, 2.45) is 5.92 Å². The topological polar surface area (TPSA) is 97.4 Å². The number of benzene rings is 3. The van der Waals surface area contributed by atoms with E-state index in [1.807, 2.05) is 0 Å². The fourth-order valence-corrected chi connectivity index (χ4v) is 6.92. The van der Waals surface area contributed by atoms with Crippen LogP contribution in [0.2, 0.25) is 0 Å². The molecule has 0 amide bonds. The number of halogens is 6. The Morgan fingerprint density at radius 1 is 0.765 bits per heavy atom. The van der Waals surface area contributed by atoms with Crippen molar-refractivity contribution >= 4 is 29.7 Å². The lowest BCUT2D eigenvalue weighted by Gasteiger charge is -2.35. The average Bonchev–Trinajstić information content (AvgIpc) is 3.37. The number of hydrogen-bond acceptors (Lipinski definition) is 9. The van der Waals surface area contributed by atoms with E-state index in [1.165, 1.54) is 42.5 Å². The molecule has 1 aliphatic heterocycles. The molecule has 0 spiro atoms. The van der Waals surface area contributed by atoms with Gasteiger partial charge in [-0.2, -0.15) is 26.3 Å². The van der Waals surface area contributed by atoms with E-state index < -0.39 is 82.6 Å². The van der Waals surface area contributed by atoms with E-state index in [1.54, 1.807) is 44.2 Å². The third-order valence-corrected chi connectivity index (χ3v) is 9.38. The van der Waals surface area contributed by atoms with Crippen LogP contribution in [0.4, 0.5) is 26.3 Å². The number of hydrogen-bond donors (Lipinski definition) is 0. The number of rotatable bonds is 13. The number of methoxy groups -OCH3 is 2. The lowest BCUT2D eigenvalue weighted by molar-refractivity contribution is -0.279. The lowest BCUT2D eigenvalue weighted by Crippen LogP contribution is -2.54. The van der Waals surface area contributed by atoms with Gasteiger partial charge in [0.25, 0.3) is 11.2 Å². The number of ether oxygens (including phenoxy) is 5. The number of allylic oxidation sites excluding steroid dienone is 1. The summed E-state index contributed by atoms with van der Waals surface area (Å²) in [5.41, 5.74) is -7.89. The maximum atomic E-state index is 14.8. The van der Waals surface area contributed by atoms with Crippen LogP contribution in [0.25, 0.3) is 0 Å². The molecule has 0 saturated carbocycles. The van der Waals surface area contributed by atoms with Crippen molar-refractivity contribution in [3.8, 4) is 0 Å². The first-order valence-electron chi connectivity index (χ1n) is 15.3. The smallest absolute Gasteiger partial charge is 0.432 e. The van der Waals surface area contributed by atoms with Crippen molar-refractivity contribution in [3.63, 3.8) is 0 Å². The van der Waals surface area contributed by atoms with E-state index in [2.05, 4.69) is 0 Å². The standard InChI is InChI=1S/C36H34F6O8S/c1-22(2)20-26-29(50-32(45)34(47-4,36(40,41)42)24-16-10-6-11-17-24)28(30(43)49-26)27(51-25-18-12-7-13-19-25)21-48-31(44)33(46-3,35(37,38)39)23-14-8-5-9-15-23/h5-20,26-29H,21H2,1-4H3/t26-,27?,28+,29-,33-,34-/m1/s1. The molecule has 0 radical (unpaired) electrons. The van der Waals surface area contributed by atoms with Crippen LogP contribution in [0.15, 0.2) is 108 Å². The van der Waals surface area contributed by atoms with Crippen molar-refractivity contribution in [1.82, 2.24) is 0 Å². The lowest BCUT2D eigenvalue weighted by atomic mass is 9.91. The van der Waals surface area contributed by atoms with Crippen LogP contribution in [-0.4, -0.2) is 68.5 Å².